The largest absolute Gasteiger partial charge is 0.376 e. The molecule has 2 saturated heterocycles. The molecule has 4 atom stereocenters. The summed E-state index contributed by atoms with van der Waals surface area (Å²) in [5, 5.41) is 0. The molecule has 0 bridgehead atoms. The molecule has 2 heterocycles. The van der Waals surface area contributed by atoms with Crippen LogP contribution in [0.15, 0.2) is 25.3 Å². The molecule has 0 aromatic carbocycles. The summed E-state index contributed by atoms with van der Waals surface area (Å²) in [6, 6.07) is -1.91. The molecule has 0 N–H and O–H groups in total. The third kappa shape index (κ3) is 24.5. The van der Waals surface area contributed by atoms with Gasteiger partial charge >= 0.3 is 6.00 Å². The molecule has 0 saturated carbocycles. The van der Waals surface area contributed by atoms with Crippen LogP contribution >= 0.6 is 33.2 Å². The molecule has 2 rings (SSSR count). The fourth-order valence-corrected chi connectivity index (χ4v) is 5.36. The van der Waals surface area contributed by atoms with Gasteiger partial charge in [-0.15, -0.1) is 46.4 Å². The van der Waals surface area contributed by atoms with Gasteiger partial charge in [0, 0.05) is 0 Å². The Balaban J connectivity index is 0.000000756. The molecule has 0 spiro atoms. The fourth-order valence-electron chi connectivity index (χ4n) is 3.56. The third-order valence-electron chi connectivity index (χ3n) is 5.48. The predicted octanol–water partition coefficient (Wildman–Crippen LogP) is 5.85. The lowest BCUT2D eigenvalue weighted by molar-refractivity contribution is -0.0884. The summed E-state index contributed by atoms with van der Waals surface area (Å²) in [6.07, 6.45) is 7.14. The molecule has 8 nitrogen and oxygen atoms in total. The smallest absolute Gasteiger partial charge is 0.341 e. The van der Waals surface area contributed by atoms with E-state index in [9.17, 15) is 0 Å². The van der Waals surface area contributed by atoms with Crippen molar-refractivity contribution in [3.05, 3.63) is 25.3 Å². The van der Waals surface area contributed by atoms with Gasteiger partial charge < -0.3 is 37.9 Å². The Morgan fingerprint density at radius 2 is 1.05 bits per heavy atom. The Morgan fingerprint density at radius 3 is 1.51 bits per heavy atom. The molecule has 232 valence electrons. The van der Waals surface area contributed by atoms with Crippen LogP contribution in [0.25, 0.3) is 0 Å². The second-order valence-corrected chi connectivity index (χ2v) is 18.3. The first kappa shape index (κ1) is 39.2. The first-order chi connectivity index (χ1) is 18.3. The molecule has 0 aliphatic carbocycles. The Labute approximate surface area is 251 Å². The van der Waals surface area contributed by atoms with Gasteiger partial charge in [-0.3, -0.25) is 0 Å². The van der Waals surface area contributed by atoms with E-state index in [2.05, 4.69) is 13.2 Å². The first-order valence-corrected chi connectivity index (χ1v) is 18.6. The molecule has 4 unspecified atom stereocenters. The lowest BCUT2D eigenvalue weighted by Gasteiger charge is -2.22. The topological polar surface area (TPSA) is 73.8 Å². The highest BCUT2D eigenvalue weighted by Crippen LogP contribution is 2.27. The second kappa shape index (κ2) is 25.9. The fraction of sp³-hybridized carbons (Fsp3) is 0.852. The van der Waals surface area contributed by atoms with Gasteiger partial charge in [0.1, 0.15) is 0 Å². The van der Waals surface area contributed by atoms with Gasteiger partial charge in [-0.25, -0.2) is 0 Å². The number of ether oxygens (including phenoxy) is 8. The van der Waals surface area contributed by atoms with Gasteiger partial charge in [0.05, 0.1) is 104 Å². The van der Waals surface area contributed by atoms with E-state index in [4.69, 9.17) is 71.1 Å². The third-order valence-corrected chi connectivity index (χ3v) is 8.10. The van der Waals surface area contributed by atoms with Crippen molar-refractivity contribution in [3.63, 3.8) is 0 Å². The van der Waals surface area contributed by atoms with Crippen molar-refractivity contribution in [1.82, 2.24) is 0 Å². The molecule has 0 aromatic heterocycles. The molecule has 0 radical (unpaired) electrons. The normalized spacial score (nSPS) is 27.0. The van der Waals surface area contributed by atoms with Gasteiger partial charge in [0.2, 0.25) is 0 Å². The van der Waals surface area contributed by atoms with E-state index in [1.807, 2.05) is 19.1 Å². The monoisotopic (exact) mass is 636 g/mol. The summed E-state index contributed by atoms with van der Waals surface area (Å²) in [7, 11) is 0. The number of hydrogen-bond donors (Lipinski definition) is 0. The van der Waals surface area contributed by atoms with Crippen molar-refractivity contribution < 1.29 is 37.9 Å². The van der Waals surface area contributed by atoms with Gasteiger partial charge in [0.15, 0.2) is 0 Å². The molecule has 2 aliphatic rings. The molecule has 39 heavy (non-hydrogen) atoms. The predicted molar refractivity (Wildman–Crippen MR) is 162 cm³/mol. The molecular weight excluding hydrogens is 587 g/mol. The first-order valence-electron chi connectivity index (χ1n) is 13.4. The van der Waals surface area contributed by atoms with E-state index >= 15 is 0 Å². The van der Waals surface area contributed by atoms with Crippen LogP contribution < -0.4 is 0 Å². The minimum absolute atomic E-state index is 0. The Bertz CT molecular complexity index is 558. The summed E-state index contributed by atoms with van der Waals surface area (Å²) >= 11 is 17.7. The summed E-state index contributed by atoms with van der Waals surface area (Å²) in [4.78, 5) is 0. The van der Waals surface area contributed by atoms with Crippen LogP contribution in [0.1, 0.15) is 40.0 Å². The minimum Gasteiger partial charge on any atom is -0.376 e. The van der Waals surface area contributed by atoms with E-state index in [1.165, 1.54) is 0 Å². The minimum atomic E-state index is -2.55. The summed E-state index contributed by atoms with van der Waals surface area (Å²) in [5.41, 5.74) is 0. The van der Waals surface area contributed by atoms with Crippen molar-refractivity contribution in [2.45, 2.75) is 70.5 Å². The zero-order chi connectivity index (χ0) is 27.9. The molecule has 0 amide bonds. The zero-order valence-electron chi connectivity index (χ0n) is 22.8. The quantitative estimate of drug-likeness (QED) is 0.186. The summed E-state index contributed by atoms with van der Waals surface area (Å²) in [5.74, 6) is 0. The summed E-state index contributed by atoms with van der Waals surface area (Å²) in [6.45, 7) is 16.2. The standard InChI is InChI=1S/C14H25Cl3O4Si.C12H22O4.CH4/c1-2-4-13-11-18-7-9-21-14(12-19-6-8-20-13)5-3-10-22(15,16)17;1-3-4-12-10-14-5-7-15-11(2)9-13-6-8-16-12;/h2,13-14H,1,3-12H2;3,11-12H,1,4-10H2,2H3;1H4. The zero-order valence-corrected chi connectivity index (χ0v) is 26.1. The average molecular weight is 638 g/mol. The van der Waals surface area contributed by atoms with Crippen LogP contribution in [0.5, 0.6) is 0 Å². The number of hydrogen-bond acceptors (Lipinski definition) is 8. The van der Waals surface area contributed by atoms with E-state index < -0.39 is 6.00 Å². The molecule has 2 aliphatic heterocycles. The van der Waals surface area contributed by atoms with Crippen molar-refractivity contribution in [2.24, 2.45) is 0 Å². The highest BCUT2D eigenvalue weighted by atomic mass is 35.8. The van der Waals surface area contributed by atoms with Crippen LogP contribution in [0, 0.1) is 0 Å². The molecular formula is C27H51Cl3O8Si. The van der Waals surface area contributed by atoms with Crippen LogP contribution in [-0.4, -0.2) is 110 Å². The molecule has 12 heteroatoms. The lowest BCUT2D eigenvalue weighted by atomic mass is 10.2. The Morgan fingerprint density at radius 1 is 0.641 bits per heavy atom. The maximum atomic E-state index is 5.89. The van der Waals surface area contributed by atoms with Gasteiger partial charge in [-0.2, -0.15) is 0 Å². The average Bonchev–Trinajstić information content (AvgIpc) is 2.85. The maximum Gasteiger partial charge on any atom is 0.341 e. The highest BCUT2D eigenvalue weighted by Gasteiger charge is 2.25. The van der Waals surface area contributed by atoms with Crippen molar-refractivity contribution in [1.29, 1.82) is 0 Å². The summed E-state index contributed by atoms with van der Waals surface area (Å²) < 4.78 is 44.8. The van der Waals surface area contributed by atoms with E-state index in [0.717, 1.165) is 25.7 Å². The SMILES string of the molecule is C.C=CCC1COCCOC(C)COCCO1.C=CCC1COCCOC(CCC[Si](Cl)(Cl)Cl)COCCO1. The van der Waals surface area contributed by atoms with Gasteiger partial charge in [-0.1, -0.05) is 19.6 Å². The second-order valence-electron chi connectivity index (χ2n) is 9.02. The lowest BCUT2D eigenvalue weighted by Crippen LogP contribution is -2.28. The van der Waals surface area contributed by atoms with Gasteiger partial charge in [0.25, 0.3) is 0 Å². The van der Waals surface area contributed by atoms with Crippen LogP contribution in [0.4, 0.5) is 0 Å². The van der Waals surface area contributed by atoms with Crippen LogP contribution in [0.3, 0.4) is 0 Å². The van der Waals surface area contributed by atoms with Crippen molar-refractivity contribution >= 4 is 39.2 Å². The van der Waals surface area contributed by atoms with E-state index in [-0.39, 0.29) is 31.8 Å². The highest BCUT2D eigenvalue weighted by molar-refractivity contribution is 7.64. The van der Waals surface area contributed by atoms with Crippen LogP contribution in [-0.2, 0) is 37.9 Å². The van der Waals surface area contributed by atoms with Crippen molar-refractivity contribution in [2.75, 3.05) is 79.3 Å². The number of halogens is 3. The molecule has 0 aromatic rings. The Kier molecular flexibility index (Phi) is 26.1. The van der Waals surface area contributed by atoms with Crippen LogP contribution in [0.2, 0.25) is 6.04 Å². The van der Waals surface area contributed by atoms with E-state index in [1.54, 1.807) is 0 Å². The maximum absolute atomic E-state index is 5.89. The van der Waals surface area contributed by atoms with E-state index in [0.29, 0.717) is 85.3 Å². The van der Waals surface area contributed by atoms with Crippen molar-refractivity contribution in [3.8, 4) is 0 Å². The molecule has 2 fully saturated rings. The van der Waals surface area contributed by atoms with Gasteiger partial charge in [-0.05, 0) is 38.7 Å². The Hall–Kier alpha value is 0.247. The number of rotatable bonds is 8.